The first-order valence-electron chi connectivity index (χ1n) is 7.17. The number of ether oxygens (including phenoxy) is 1. The second-order valence-electron chi connectivity index (χ2n) is 5.95. The van der Waals surface area contributed by atoms with E-state index in [9.17, 15) is 4.79 Å². The van der Waals surface area contributed by atoms with E-state index in [-0.39, 0.29) is 11.9 Å². The zero-order valence-electron chi connectivity index (χ0n) is 11.8. The molecule has 0 radical (unpaired) electrons. The molecule has 1 aliphatic carbocycles. The minimum absolute atomic E-state index is 0.0272. The van der Waals surface area contributed by atoms with Crippen molar-refractivity contribution in [1.29, 1.82) is 0 Å². The summed E-state index contributed by atoms with van der Waals surface area (Å²) in [6, 6.07) is 1.23. The minimum Gasteiger partial charge on any atom is -0.469 e. The van der Waals surface area contributed by atoms with Gasteiger partial charge in [-0.3, -0.25) is 4.79 Å². The van der Waals surface area contributed by atoms with Crippen molar-refractivity contribution in [2.24, 2.45) is 11.8 Å². The molecular weight excluding hydrogens is 228 g/mol. The summed E-state index contributed by atoms with van der Waals surface area (Å²) in [6.45, 7) is 7.37. The number of likely N-dealkylation sites (tertiary alicyclic amines) is 1. The molecule has 4 heteroatoms. The lowest BCUT2D eigenvalue weighted by molar-refractivity contribution is -0.147. The van der Waals surface area contributed by atoms with Crippen LogP contribution in [0.25, 0.3) is 0 Å². The molecule has 2 unspecified atom stereocenters. The highest BCUT2D eigenvalue weighted by Crippen LogP contribution is 2.27. The summed E-state index contributed by atoms with van der Waals surface area (Å²) in [5, 5.41) is 3.47. The van der Waals surface area contributed by atoms with Crippen LogP contribution in [0.1, 0.15) is 33.1 Å². The fourth-order valence-corrected chi connectivity index (χ4v) is 2.79. The van der Waals surface area contributed by atoms with Crippen LogP contribution in [0, 0.1) is 11.8 Å². The molecule has 1 aliphatic heterocycles. The summed E-state index contributed by atoms with van der Waals surface area (Å²) in [4.78, 5) is 14.4. The topological polar surface area (TPSA) is 41.6 Å². The van der Waals surface area contributed by atoms with E-state index in [0.29, 0.717) is 18.0 Å². The van der Waals surface area contributed by atoms with Crippen LogP contribution in [-0.4, -0.2) is 49.7 Å². The van der Waals surface area contributed by atoms with E-state index in [0.717, 1.165) is 26.1 Å². The second kappa shape index (κ2) is 6.02. The Kier molecular flexibility index (Phi) is 4.62. The van der Waals surface area contributed by atoms with Gasteiger partial charge in [0.1, 0.15) is 0 Å². The Balaban J connectivity index is 1.88. The Morgan fingerprint density at radius 3 is 2.61 bits per heavy atom. The second-order valence-corrected chi connectivity index (χ2v) is 5.95. The number of hydrogen-bond acceptors (Lipinski definition) is 4. The van der Waals surface area contributed by atoms with E-state index in [1.54, 1.807) is 0 Å². The van der Waals surface area contributed by atoms with Gasteiger partial charge in [-0.25, -0.2) is 0 Å². The van der Waals surface area contributed by atoms with Crippen molar-refractivity contribution in [1.82, 2.24) is 10.2 Å². The first-order chi connectivity index (χ1) is 8.61. The molecule has 0 amide bonds. The predicted octanol–water partition coefficient (Wildman–Crippen LogP) is 1.26. The van der Waals surface area contributed by atoms with Gasteiger partial charge in [-0.2, -0.15) is 0 Å². The van der Waals surface area contributed by atoms with Crippen molar-refractivity contribution in [3.8, 4) is 0 Å². The third-order valence-electron chi connectivity index (χ3n) is 4.26. The molecule has 0 aromatic heterocycles. The van der Waals surface area contributed by atoms with Crippen molar-refractivity contribution < 1.29 is 9.53 Å². The molecule has 4 nitrogen and oxygen atoms in total. The van der Waals surface area contributed by atoms with Crippen molar-refractivity contribution in [3.63, 3.8) is 0 Å². The zero-order valence-corrected chi connectivity index (χ0v) is 11.8. The van der Waals surface area contributed by atoms with Crippen LogP contribution in [0.3, 0.4) is 0 Å². The van der Waals surface area contributed by atoms with Crippen LogP contribution in [-0.2, 0) is 9.53 Å². The fraction of sp³-hybridized carbons (Fsp3) is 0.929. The molecular formula is C14H26N2O2. The first kappa shape index (κ1) is 13.8. The summed E-state index contributed by atoms with van der Waals surface area (Å²) >= 11 is 0. The standard InChI is InChI=1S/C14H26N2O2/c1-10(2)16-7-6-11(9-16)13(14(17)18-3)8-15-12-4-5-12/h10-13,15H,4-9H2,1-3H3. The van der Waals surface area contributed by atoms with Crippen LogP contribution in [0.4, 0.5) is 0 Å². The predicted molar refractivity (Wildman–Crippen MR) is 71.3 cm³/mol. The van der Waals surface area contributed by atoms with Gasteiger partial charge < -0.3 is 15.0 Å². The van der Waals surface area contributed by atoms with Gasteiger partial charge in [-0.15, -0.1) is 0 Å². The van der Waals surface area contributed by atoms with Crippen LogP contribution < -0.4 is 5.32 Å². The first-order valence-corrected chi connectivity index (χ1v) is 7.17. The number of nitrogens with zero attached hydrogens (tertiary/aromatic N) is 1. The van der Waals surface area contributed by atoms with E-state index < -0.39 is 0 Å². The van der Waals surface area contributed by atoms with E-state index in [1.165, 1.54) is 20.0 Å². The Morgan fingerprint density at radius 1 is 1.39 bits per heavy atom. The zero-order chi connectivity index (χ0) is 13.1. The Morgan fingerprint density at radius 2 is 2.11 bits per heavy atom. The molecule has 2 aliphatic rings. The van der Waals surface area contributed by atoms with Gasteiger partial charge in [0.2, 0.25) is 0 Å². The molecule has 18 heavy (non-hydrogen) atoms. The number of methoxy groups -OCH3 is 1. The van der Waals surface area contributed by atoms with E-state index >= 15 is 0 Å². The SMILES string of the molecule is COC(=O)C(CNC1CC1)C1CCN(C(C)C)C1. The van der Waals surface area contributed by atoms with Crippen LogP contribution in [0.2, 0.25) is 0 Å². The van der Waals surface area contributed by atoms with Gasteiger partial charge in [-0.05, 0) is 45.6 Å². The maximum atomic E-state index is 11.9. The lowest BCUT2D eigenvalue weighted by atomic mass is 9.91. The molecule has 0 spiro atoms. The summed E-state index contributed by atoms with van der Waals surface area (Å²) in [7, 11) is 1.50. The molecule has 104 valence electrons. The van der Waals surface area contributed by atoms with Gasteiger partial charge in [0.05, 0.1) is 13.0 Å². The Labute approximate surface area is 110 Å². The molecule has 0 aromatic rings. The van der Waals surface area contributed by atoms with Gasteiger partial charge in [0, 0.05) is 25.2 Å². The summed E-state index contributed by atoms with van der Waals surface area (Å²) in [6.07, 6.45) is 3.64. The molecule has 0 bridgehead atoms. The number of nitrogens with one attached hydrogen (secondary N) is 1. The highest BCUT2D eigenvalue weighted by molar-refractivity contribution is 5.73. The fourth-order valence-electron chi connectivity index (χ4n) is 2.79. The normalized spacial score (nSPS) is 26.6. The molecule has 1 heterocycles. The maximum absolute atomic E-state index is 11.9. The summed E-state index contributed by atoms with van der Waals surface area (Å²) in [5.41, 5.74) is 0. The molecule has 1 saturated carbocycles. The third kappa shape index (κ3) is 3.45. The summed E-state index contributed by atoms with van der Waals surface area (Å²) in [5.74, 6) is 0.434. The minimum atomic E-state index is -0.0428. The van der Waals surface area contributed by atoms with Gasteiger partial charge in [0.25, 0.3) is 0 Å². The molecule has 1 saturated heterocycles. The Bertz CT molecular complexity index is 290. The number of esters is 1. The summed E-state index contributed by atoms with van der Waals surface area (Å²) < 4.78 is 4.98. The van der Waals surface area contributed by atoms with Gasteiger partial charge in [0.15, 0.2) is 0 Å². The van der Waals surface area contributed by atoms with Crippen molar-refractivity contribution >= 4 is 5.97 Å². The van der Waals surface area contributed by atoms with E-state index in [4.69, 9.17) is 4.74 Å². The Hall–Kier alpha value is -0.610. The van der Waals surface area contributed by atoms with Crippen LogP contribution in [0.15, 0.2) is 0 Å². The lowest BCUT2D eigenvalue weighted by Gasteiger charge is -2.24. The average Bonchev–Trinajstić information content (AvgIpc) is 3.04. The molecule has 2 rings (SSSR count). The number of carbonyl (C=O) groups excluding carboxylic acids is 1. The molecule has 0 aromatic carbocycles. The highest BCUT2D eigenvalue weighted by Gasteiger charge is 2.36. The smallest absolute Gasteiger partial charge is 0.310 e. The maximum Gasteiger partial charge on any atom is 0.310 e. The number of rotatable bonds is 6. The van der Waals surface area contributed by atoms with E-state index in [2.05, 4.69) is 24.1 Å². The molecule has 2 fully saturated rings. The molecule has 1 N–H and O–H groups in total. The number of carbonyl (C=O) groups is 1. The van der Waals surface area contributed by atoms with Crippen LogP contribution >= 0.6 is 0 Å². The van der Waals surface area contributed by atoms with Gasteiger partial charge in [-0.1, -0.05) is 0 Å². The molecule has 2 atom stereocenters. The van der Waals surface area contributed by atoms with Crippen molar-refractivity contribution in [3.05, 3.63) is 0 Å². The average molecular weight is 254 g/mol. The monoisotopic (exact) mass is 254 g/mol. The van der Waals surface area contributed by atoms with Crippen LogP contribution in [0.5, 0.6) is 0 Å². The highest BCUT2D eigenvalue weighted by atomic mass is 16.5. The largest absolute Gasteiger partial charge is 0.469 e. The van der Waals surface area contributed by atoms with Crippen molar-refractivity contribution in [2.75, 3.05) is 26.7 Å². The number of hydrogen-bond donors (Lipinski definition) is 1. The van der Waals surface area contributed by atoms with E-state index in [1.807, 2.05) is 0 Å². The van der Waals surface area contributed by atoms with Crippen molar-refractivity contribution in [2.45, 2.75) is 45.2 Å². The third-order valence-corrected chi connectivity index (χ3v) is 4.26. The lowest BCUT2D eigenvalue weighted by Crippen LogP contribution is -2.37. The quantitative estimate of drug-likeness (QED) is 0.725. The van der Waals surface area contributed by atoms with Gasteiger partial charge >= 0.3 is 5.97 Å².